The lowest BCUT2D eigenvalue weighted by atomic mass is 10.1. The topological polar surface area (TPSA) is 86.8 Å². The number of aryl methyl sites for hydroxylation is 1. The first-order valence-electron chi connectivity index (χ1n) is 11.0. The van der Waals surface area contributed by atoms with Crippen molar-refractivity contribution in [3.63, 3.8) is 0 Å². The summed E-state index contributed by atoms with van der Waals surface area (Å²) in [7, 11) is -2.83. The molecule has 0 aliphatic carbocycles. The zero-order valence-electron chi connectivity index (χ0n) is 19.8. The third-order valence-corrected chi connectivity index (χ3v) is 7.39. The van der Waals surface area contributed by atoms with Gasteiger partial charge in [0.2, 0.25) is 11.8 Å². The summed E-state index contributed by atoms with van der Waals surface area (Å²) in [5, 5.41) is 2.52. The summed E-state index contributed by atoms with van der Waals surface area (Å²) in [4.78, 5) is 27.2. The standard InChI is InChI=1S/C26H28FN3O4S/c1-19-13-15-21(16-14-19)17-29(20(2)26(32)28-3)25(31)18-30(24-12-8-7-11-23(24)27)35(33,34)22-9-5-4-6-10-22/h4-16,20H,17-18H2,1-3H3,(H,28,32). The van der Waals surface area contributed by atoms with E-state index in [1.807, 2.05) is 31.2 Å². The van der Waals surface area contributed by atoms with Crippen LogP contribution in [0.3, 0.4) is 0 Å². The molecule has 3 aromatic rings. The van der Waals surface area contributed by atoms with Crippen LogP contribution in [-0.2, 0) is 26.2 Å². The van der Waals surface area contributed by atoms with Gasteiger partial charge in [-0.05, 0) is 43.7 Å². The van der Waals surface area contributed by atoms with Crippen LogP contribution in [0.15, 0.2) is 83.8 Å². The maximum Gasteiger partial charge on any atom is 0.264 e. The zero-order valence-corrected chi connectivity index (χ0v) is 20.6. The number of amides is 2. The minimum absolute atomic E-state index is 0.0736. The van der Waals surface area contributed by atoms with Crippen LogP contribution < -0.4 is 9.62 Å². The first-order chi connectivity index (χ1) is 16.6. The summed E-state index contributed by atoms with van der Waals surface area (Å²) in [6.07, 6.45) is 0. The van der Waals surface area contributed by atoms with E-state index in [1.54, 1.807) is 25.1 Å². The summed E-state index contributed by atoms with van der Waals surface area (Å²) < 4.78 is 42.5. The van der Waals surface area contributed by atoms with Crippen LogP contribution in [-0.4, -0.2) is 44.8 Å². The fourth-order valence-corrected chi connectivity index (χ4v) is 5.01. The predicted molar refractivity (Wildman–Crippen MR) is 133 cm³/mol. The van der Waals surface area contributed by atoms with Crippen molar-refractivity contribution in [2.75, 3.05) is 17.9 Å². The van der Waals surface area contributed by atoms with Crippen LogP contribution in [0.4, 0.5) is 10.1 Å². The molecule has 9 heteroatoms. The Hall–Kier alpha value is -3.72. The zero-order chi connectivity index (χ0) is 25.6. The van der Waals surface area contributed by atoms with E-state index >= 15 is 0 Å². The fourth-order valence-electron chi connectivity index (χ4n) is 3.57. The van der Waals surface area contributed by atoms with Crippen molar-refractivity contribution in [2.45, 2.75) is 31.3 Å². The highest BCUT2D eigenvalue weighted by Crippen LogP contribution is 2.26. The fraction of sp³-hybridized carbons (Fsp3) is 0.231. The molecule has 0 saturated carbocycles. The first kappa shape index (κ1) is 25.9. The number of rotatable bonds is 9. The highest BCUT2D eigenvalue weighted by Gasteiger charge is 2.33. The van der Waals surface area contributed by atoms with E-state index in [0.29, 0.717) is 0 Å². The van der Waals surface area contributed by atoms with Gasteiger partial charge in [0, 0.05) is 13.6 Å². The number of sulfonamides is 1. The normalized spacial score (nSPS) is 12.0. The minimum Gasteiger partial charge on any atom is -0.357 e. The average molecular weight is 498 g/mol. The van der Waals surface area contributed by atoms with Gasteiger partial charge in [0.25, 0.3) is 10.0 Å². The molecule has 0 aliphatic heterocycles. The Balaban J connectivity index is 2.03. The van der Waals surface area contributed by atoms with Crippen LogP contribution >= 0.6 is 0 Å². The van der Waals surface area contributed by atoms with Crippen molar-refractivity contribution >= 4 is 27.5 Å². The van der Waals surface area contributed by atoms with Crippen LogP contribution in [0.2, 0.25) is 0 Å². The average Bonchev–Trinajstić information content (AvgIpc) is 2.86. The van der Waals surface area contributed by atoms with E-state index in [0.717, 1.165) is 21.5 Å². The van der Waals surface area contributed by atoms with Gasteiger partial charge in [-0.2, -0.15) is 0 Å². The molecule has 0 saturated heterocycles. The van der Waals surface area contributed by atoms with Gasteiger partial charge in [-0.3, -0.25) is 13.9 Å². The maximum absolute atomic E-state index is 14.8. The number of para-hydroxylation sites is 1. The summed E-state index contributed by atoms with van der Waals surface area (Å²) in [6.45, 7) is 2.88. The van der Waals surface area contributed by atoms with Crippen LogP contribution in [0.25, 0.3) is 0 Å². The summed E-state index contributed by atoms with van der Waals surface area (Å²) in [5.74, 6) is -1.84. The molecule has 0 bridgehead atoms. The Kier molecular flexibility index (Phi) is 8.24. The van der Waals surface area contributed by atoms with Crippen molar-refractivity contribution in [1.82, 2.24) is 10.2 Å². The largest absolute Gasteiger partial charge is 0.357 e. The number of halogens is 1. The van der Waals surface area contributed by atoms with Gasteiger partial charge in [0.15, 0.2) is 0 Å². The number of nitrogens with zero attached hydrogens (tertiary/aromatic N) is 2. The number of nitrogens with one attached hydrogen (secondary N) is 1. The van der Waals surface area contributed by atoms with E-state index in [4.69, 9.17) is 0 Å². The molecule has 35 heavy (non-hydrogen) atoms. The number of hydrogen-bond donors (Lipinski definition) is 1. The second kappa shape index (κ2) is 11.1. The van der Waals surface area contributed by atoms with Crippen molar-refractivity contribution < 1.29 is 22.4 Å². The molecule has 3 rings (SSSR count). The molecule has 0 aliphatic rings. The number of carbonyl (C=O) groups is 2. The quantitative estimate of drug-likeness (QED) is 0.490. The molecule has 0 fully saturated rings. The molecule has 0 aromatic heterocycles. The number of likely N-dealkylation sites (N-methyl/N-ethyl adjacent to an activating group) is 1. The number of benzene rings is 3. The monoisotopic (exact) mass is 497 g/mol. The van der Waals surface area contributed by atoms with Gasteiger partial charge < -0.3 is 10.2 Å². The predicted octanol–water partition coefficient (Wildman–Crippen LogP) is 3.49. The third kappa shape index (κ3) is 6.05. The molecule has 7 nitrogen and oxygen atoms in total. The third-order valence-electron chi connectivity index (χ3n) is 5.62. The molecule has 2 amide bonds. The number of anilines is 1. The van der Waals surface area contributed by atoms with E-state index in [2.05, 4.69) is 5.32 Å². The maximum atomic E-state index is 14.8. The van der Waals surface area contributed by atoms with Crippen molar-refractivity contribution in [2.24, 2.45) is 0 Å². The molecule has 0 spiro atoms. The molecule has 184 valence electrons. The van der Waals surface area contributed by atoms with Crippen LogP contribution in [0.1, 0.15) is 18.1 Å². The lowest BCUT2D eigenvalue weighted by molar-refractivity contribution is -0.139. The second-order valence-corrected chi connectivity index (χ2v) is 9.94. The first-order valence-corrected chi connectivity index (χ1v) is 12.5. The summed E-state index contributed by atoms with van der Waals surface area (Å²) >= 11 is 0. The van der Waals surface area contributed by atoms with Crippen LogP contribution in [0, 0.1) is 12.7 Å². The lowest BCUT2D eigenvalue weighted by Crippen LogP contribution is -2.50. The van der Waals surface area contributed by atoms with Gasteiger partial charge >= 0.3 is 0 Å². The Morgan fingerprint density at radius 2 is 1.54 bits per heavy atom. The smallest absolute Gasteiger partial charge is 0.264 e. The van der Waals surface area contributed by atoms with Crippen molar-refractivity contribution in [1.29, 1.82) is 0 Å². The number of carbonyl (C=O) groups excluding carboxylic acids is 2. The van der Waals surface area contributed by atoms with E-state index < -0.39 is 40.2 Å². The molecular formula is C26H28FN3O4S. The molecule has 1 atom stereocenters. The van der Waals surface area contributed by atoms with E-state index in [9.17, 15) is 22.4 Å². The Morgan fingerprint density at radius 3 is 2.14 bits per heavy atom. The Morgan fingerprint density at radius 1 is 0.943 bits per heavy atom. The van der Waals surface area contributed by atoms with Gasteiger partial charge in [0.1, 0.15) is 18.4 Å². The molecular weight excluding hydrogens is 469 g/mol. The highest BCUT2D eigenvalue weighted by molar-refractivity contribution is 7.92. The van der Waals surface area contributed by atoms with Crippen molar-refractivity contribution in [3.05, 3.63) is 95.8 Å². The second-order valence-electron chi connectivity index (χ2n) is 8.07. The van der Waals surface area contributed by atoms with E-state index in [-0.39, 0.29) is 17.1 Å². The van der Waals surface area contributed by atoms with E-state index in [1.165, 1.54) is 42.3 Å². The molecule has 0 heterocycles. The Labute approximate surface area is 205 Å². The molecule has 1 unspecified atom stereocenters. The summed E-state index contributed by atoms with van der Waals surface area (Å²) in [5.41, 5.74) is 1.54. The van der Waals surface area contributed by atoms with Gasteiger partial charge in [-0.15, -0.1) is 0 Å². The molecule has 3 aromatic carbocycles. The molecule has 1 N–H and O–H groups in total. The minimum atomic E-state index is -4.29. The molecule has 0 radical (unpaired) electrons. The number of hydrogen-bond acceptors (Lipinski definition) is 4. The van der Waals surface area contributed by atoms with Crippen molar-refractivity contribution in [3.8, 4) is 0 Å². The highest BCUT2D eigenvalue weighted by atomic mass is 32.2. The van der Waals surface area contributed by atoms with Crippen LogP contribution in [0.5, 0.6) is 0 Å². The van der Waals surface area contributed by atoms with Gasteiger partial charge in [0.05, 0.1) is 10.6 Å². The SMILES string of the molecule is CNC(=O)C(C)N(Cc1ccc(C)cc1)C(=O)CN(c1ccccc1F)S(=O)(=O)c1ccccc1. The lowest BCUT2D eigenvalue weighted by Gasteiger charge is -2.31. The van der Waals surface area contributed by atoms with Gasteiger partial charge in [-0.1, -0.05) is 60.2 Å². The Bertz CT molecular complexity index is 1280. The van der Waals surface area contributed by atoms with Gasteiger partial charge in [-0.25, -0.2) is 12.8 Å². The summed E-state index contributed by atoms with van der Waals surface area (Å²) in [6, 6.07) is 19.4.